The maximum absolute atomic E-state index is 13.0. The Balaban J connectivity index is 0.00000280. The third kappa shape index (κ3) is 5.12. The van der Waals surface area contributed by atoms with Gasteiger partial charge >= 0.3 is 6.18 Å². The van der Waals surface area contributed by atoms with Gasteiger partial charge in [-0.15, -0.1) is 12.4 Å². The maximum Gasteiger partial charge on any atom is 0.433 e. The standard InChI is InChI=1S/C18H18F3N3O3.ClH/c19-18(20,21)15-6-11(9-22)7-16(23-15)27-14-3-1-2-12(8-14)17(26)24-5-4-13(25)10-24;/h1-3,6-8,13,25H,4-5,9-10,22H2;1H/t13-;/m1./s1. The Morgan fingerprint density at radius 1 is 1.32 bits per heavy atom. The fraction of sp³-hybridized carbons (Fsp3) is 0.333. The average molecular weight is 418 g/mol. The van der Waals surface area contributed by atoms with E-state index in [0.717, 1.165) is 6.07 Å². The first-order valence-electron chi connectivity index (χ1n) is 8.30. The lowest BCUT2D eigenvalue weighted by atomic mass is 10.2. The summed E-state index contributed by atoms with van der Waals surface area (Å²) in [6, 6.07) is 8.26. The number of nitrogens with two attached hydrogens (primary N) is 1. The van der Waals surface area contributed by atoms with E-state index in [1.165, 1.54) is 23.1 Å². The van der Waals surface area contributed by atoms with Gasteiger partial charge in [0.2, 0.25) is 5.88 Å². The van der Waals surface area contributed by atoms with Crippen LogP contribution in [0.4, 0.5) is 13.2 Å². The molecule has 1 aromatic heterocycles. The molecule has 1 fully saturated rings. The van der Waals surface area contributed by atoms with Crippen molar-refractivity contribution in [1.29, 1.82) is 0 Å². The highest BCUT2D eigenvalue weighted by atomic mass is 35.5. The quantitative estimate of drug-likeness (QED) is 0.798. The van der Waals surface area contributed by atoms with E-state index in [4.69, 9.17) is 10.5 Å². The van der Waals surface area contributed by atoms with Crippen molar-refractivity contribution in [1.82, 2.24) is 9.88 Å². The van der Waals surface area contributed by atoms with Gasteiger partial charge in [0, 0.05) is 31.3 Å². The number of carbonyl (C=O) groups is 1. The summed E-state index contributed by atoms with van der Waals surface area (Å²) in [5.74, 6) is -0.362. The molecule has 0 unspecified atom stereocenters. The maximum atomic E-state index is 13.0. The number of hydrogen-bond donors (Lipinski definition) is 2. The Hall–Kier alpha value is -2.36. The van der Waals surface area contributed by atoms with E-state index in [-0.39, 0.29) is 48.6 Å². The minimum atomic E-state index is -4.63. The summed E-state index contributed by atoms with van der Waals surface area (Å²) in [5, 5.41) is 9.56. The zero-order chi connectivity index (χ0) is 19.6. The molecule has 3 N–H and O–H groups in total. The average Bonchev–Trinajstić information content (AvgIpc) is 3.06. The van der Waals surface area contributed by atoms with Crippen LogP contribution in [0.15, 0.2) is 36.4 Å². The number of likely N-dealkylation sites (tertiary alicyclic amines) is 1. The molecule has 1 aliphatic heterocycles. The molecule has 1 saturated heterocycles. The number of aliphatic hydroxyl groups excluding tert-OH is 1. The Labute approximate surface area is 165 Å². The Bertz CT molecular complexity index is 848. The first kappa shape index (κ1) is 21.9. The second-order valence-corrected chi connectivity index (χ2v) is 6.22. The third-order valence-electron chi connectivity index (χ3n) is 4.14. The highest BCUT2D eigenvalue weighted by Gasteiger charge is 2.33. The molecule has 1 amide bonds. The molecule has 2 heterocycles. The fourth-order valence-electron chi connectivity index (χ4n) is 2.80. The lowest BCUT2D eigenvalue weighted by Gasteiger charge is -2.16. The fourth-order valence-corrected chi connectivity index (χ4v) is 2.80. The molecule has 0 saturated carbocycles. The number of ether oxygens (including phenoxy) is 1. The van der Waals surface area contributed by atoms with E-state index >= 15 is 0 Å². The SMILES string of the molecule is Cl.NCc1cc(Oc2cccc(C(=O)N3CC[C@@H](O)C3)c2)nc(C(F)(F)F)c1. The highest BCUT2D eigenvalue weighted by molar-refractivity contribution is 5.94. The predicted octanol–water partition coefficient (Wildman–Crippen LogP) is 2.98. The van der Waals surface area contributed by atoms with Gasteiger partial charge in [-0.05, 0) is 36.2 Å². The van der Waals surface area contributed by atoms with Crippen LogP contribution in [-0.2, 0) is 12.7 Å². The summed E-state index contributed by atoms with van der Waals surface area (Å²) in [7, 11) is 0. The molecule has 1 aromatic carbocycles. The van der Waals surface area contributed by atoms with Gasteiger partial charge in [0.1, 0.15) is 11.4 Å². The van der Waals surface area contributed by atoms with E-state index in [2.05, 4.69) is 4.98 Å². The molecule has 1 atom stereocenters. The number of amides is 1. The summed E-state index contributed by atoms with van der Waals surface area (Å²) in [6.07, 6.45) is -4.66. The van der Waals surface area contributed by atoms with E-state index in [1.54, 1.807) is 12.1 Å². The number of halogens is 4. The summed E-state index contributed by atoms with van der Waals surface area (Å²) < 4.78 is 44.3. The predicted molar refractivity (Wildman–Crippen MR) is 97.4 cm³/mol. The van der Waals surface area contributed by atoms with Crippen molar-refractivity contribution < 1.29 is 27.8 Å². The summed E-state index contributed by atoms with van der Waals surface area (Å²) in [6.45, 7) is 0.594. The van der Waals surface area contributed by atoms with Crippen molar-refractivity contribution >= 4 is 18.3 Å². The van der Waals surface area contributed by atoms with Crippen LogP contribution in [0.3, 0.4) is 0 Å². The van der Waals surface area contributed by atoms with E-state index in [0.29, 0.717) is 18.5 Å². The van der Waals surface area contributed by atoms with Gasteiger partial charge in [-0.3, -0.25) is 4.79 Å². The molecule has 0 spiro atoms. The number of hydrogen-bond acceptors (Lipinski definition) is 5. The first-order valence-corrected chi connectivity index (χ1v) is 8.30. The van der Waals surface area contributed by atoms with Crippen LogP contribution in [0.5, 0.6) is 11.6 Å². The van der Waals surface area contributed by atoms with Crippen molar-refractivity contribution in [2.45, 2.75) is 25.2 Å². The first-order chi connectivity index (χ1) is 12.8. The second kappa shape index (κ2) is 8.76. The number of β-amino-alcohol motifs (C(OH)–C–C–N with tert-alkyl or cyclic N) is 1. The number of rotatable bonds is 4. The summed E-state index contributed by atoms with van der Waals surface area (Å²) in [4.78, 5) is 17.5. The van der Waals surface area contributed by atoms with Gasteiger partial charge in [0.05, 0.1) is 6.10 Å². The van der Waals surface area contributed by atoms with E-state index in [9.17, 15) is 23.1 Å². The summed E-state index contributed by atoms with van der Waals surface area (Å²) in [5.41, 5.74) is 4.89. The Morgan fingerprint density at radius 3 is 2.68 bits per heavy atom. The number of aromatic nitrogens is 1. The van der Waals surface area contributed by atoms with Gasteiger partial charge in [0.25, 0.3) is 5.91 Å². The minimum Gasteiger partial charge on any atom is -0.439 e. The number of carbonyl (C=O) groups excluding carboxylic acids is 1. The van der Waals surface area contributed by atoms with E-state index in [1.807, 2.05) is 0 Å². The van der Waals surface area contributed by atoms with Crippen LogP contribution in [0.1, 0.15) is 28.0 Å². The molecule has 1 aliphatic rings. The molecule has 0 bridgehead atoms. The van der Waals surface area contributed by atoms with Crippen molar-refractivity contribution in [3.8, 4) is 11.6 Å². The Kier molecular flexibility index (Phi) is 6.87. The van der Waals surface area contributed by atoms with Crippen molar-refractivity contribution in [3.63, 3.8) is 0 Å². The zero-order valence-electron chi connectivity index (χ0n) is 14.6. The smallest absolute Gasteiger partial charge is 0.433 e. The monoisotopic (exact) mass is 417 g/mol. The molecule has 28 heavy (non-hydrogen) atoms. The topological polar surface area (TPSA) is 88.7 Å². The number of pyridine rings is 1. The second-order valence-electron chi connectivity index (χ2n) is 6.22. The molecule has 152 valence electrons. The molecule has 3 rings (SSSR count). The van der Waals surface area contributed by atoms with Crippen molar-refractivity contribution in [2.75, 3.05) is 13.1 Å². The number of alkyl halides is 3. The number of nitrogens with zero attached hydrogens (tertiary/aromatic N) is 2. The van der Waals surface area contributed by atoms with Crippen molar-refractivity contribution in [2.24, 2.45) is 5.73 Å². The lowest BCUT2D eigenvalue weighted by molar-refractivity contribution is -0.141. The molecule has 2 aromatic rings. The molecule has 6 nitrogen and oxygen atoms in total. The lowest BCUT2D eigenvalue weighted by Crippen LogP contribution is -2.29. The third-order valence-corrected chi connectivity index (χ3v) is 4.14. The van der Waals surface area contributed by atoms with Crippen LogP contribution in [0.2, 0.25) is 0 Å². The minimum absolute atomic E-state index is 0. The Morgan fingerprint density at radius 2 is 2.07 bits per heavy atom. The largest absolute Gasteiger partial charge is 0.439 e. The van der Waals surface area contributed by atoms with Gasteiger partial charge in [0.15, 0.2) is 0 Å². The van der Waals surface area contributed by atoms with Crippen LogP contribution >= 0.6 is 12.4 Å². The molecule has 0 aliphatic carbocycles. The van der Waals surface area contributed by atoms with E-state index < -0.39 is 18.0 Å². The van der Waals surface area contributed by atoms with Crippen molar-refractivity contribution in [3.05, 3.63) is 53.2 Å². The van der Waals surface area contributed by atoms with Gasteiger partial charge in [-0.1, -0.05) is 6.07 Å². The molecular weight excluding hydrogens is 399 g/mol. The van der Waals surface area contributed by atoms with Crippen LogP contribution in [-0.4, -0.2) is 40.1 Å². The van der Waals surface area contributed by atoms with Crippen LogP contribution in [0, 0.1) is 0 Å². The van der Waals surface area contributed by atoms with Gasteiger partial charge in [-0.2, -0.15) is 13.2 Å². The number of aliphatic hydroxyl groups is 1. The number of benzene rings is 1. The normalized spacial score (nSPS) is 16.6. The molecular formula is C18H19ClF3N3O3. The highest BCUT2D eigenvalue weighted by Crippen LogP contribution is 2.31. The van der Waals surface area contributed by atoms with Crippen LogP contribution in [0.25, 0.3) is 0 Å². The van der Waals surface area contributed by atoms with Gasteiger partial charge in [-0.25, -0.2) is 4.98 Å². The summed E-state index contributed by atoms with van der Waals surface area (Å²) >= 11 is 0. The molecule has 10 heteroatoms. The molecule has 0 radical (unpaired) electrons. The van der Waals surface area contributed by atoms with Gasteiger partial charge < -0.3 is 20.5 Å². The zero-order valence-corrected chi connectivity index (χ0v) is 15.5. The van der Waals surface area contributed by atoms with Crippen LogP contribution < -0.4 is 10.5 Å².